The molecule has 0 unspecified atom stereocenters. The lowest BCUT2D eigenvalue weighted by Gasteiger charge is -2.26. The highest BCUT2D eigenvalue weighted by molar-refractivity contribution is 6.66. The van der Waals surface area contributed by atoms with E-state index in [1.165, 1.54) is 0 Å². The van der Waals surface area contributed by atoms with Crippen molar-refractivity contribution < 1.29 is 27.5 Å². The van der Waals surface area contributed by atoms with Gasteiger partial charge in [0.1, 0.15) is 0 Å². The minimum atomic E-state index is -2.93. The third kappa shape index (κ3) is 13.1. The van der Waals surface area contributed by atoms with Crippen molar-refractivity contribution in [2.45, 2.75) is 40.0 Å². The van der Waals surface area contributed by atoms with E-state index in [0.29, 0.717) is 39.6 Å². The average molecular weight is 365 g/mol. The van der Waals surface area contributed by atoms with Crippen molar-refractivity contribution in [2.75, 3.05) is 59.5 Å². The van der Waals surface area contributed by atoms with Gasteiger partial charge in [-0.3, -0.25) is 0 Å². The molecule has 0 aromatic heterocycles. The summed E-state index contributed by atoms with van der Waals surface area (Å²) >= 11 is 0. The Balaban J connectivity index is 4.26. The van der Waals surface area contributed by atoms with Crippen LogP contribution in [0.4, 0.5) is 0 Å². The fourth-order valence-electron chi connectivity index (χ4n) is 1.77. The van der Waals surface area contributed by atoms with Crippen molar-refractivity contribution >= 4 is 8.80 Å². The van der Waals surface area contributed by atoms with Crippen LogP contribution in [0.3, 0.4) is 0 Å². The zero-order valence-corrected chi connectivity index (χ0v) is 16.7. The summed E-state index contributed by atoms with van der Waals surface area (Å²) < 4.78 is 34.0. The lowest BCUT2D eigenvalue weighted by molar-refractivity contribution is 0.00793. The molecule has 0 saturated carbocycles. The molecule has 0 bridgehead atoms. The predicted molar refractivity (Wildman–Crippen MR) is 97.1 cm³/mol. The molecule has 0 aromatic carbocycles. The van der Waals surface area contributed by atoms with Gasteiger partial charge in [0.15, 0.2) is 0 Å². The van der Waals surface area contributed by atoms with Crippen LogP contribution in [0.2, 0.25) is 0 Å². The molecule has 0 aromatic rings. The maximum Gasteiger partial charge on any atom is 0.529 e. The average Bonchev–Trinajstić information content (AvgIpc) is 2.60. The zero-order chi connectivity index (χ0) is 17.9. The SMILES string of the molecule is C=C[Si](OCCOCCC)(OCCOCCC)OCCOCCC. The van der Waals surface area contributed by atoms with E-state index in [0.717, 1.165) is 39.1 Å². The highest BCUT2D eigenvalue weighted by atomic mass is 28.4. The molecule has 0 aliphatic heterocycles. The van der Waals surface area contributed by atoms with E-state index in [-0.39, 0.29) is 0 Å². The molecule has 0 atom stereocenters. The summed E-state index contributed by atoms with van der Waals surface area (Å²) in [6.45, 7) is 15.0. The number of hydrogen-bond acceptors (Lipinski definition) is 6. The van der Waals surface area contributed by atoms with Gasteiger partial charge >= 0.3 is 8.80 Å². The number of hydrogen-bond donors (Lipinski definition) is 0. The van der Waals surface area contributed by atoms with Crippen LogP contribution in [-0.4, -0.2) is 68.3 Å². The molecule has 0 spiro atoms. The maximum atomic E-state index is 5.88. The molecule has 0 fully saturated rings. The predicted octanol–water partition coefficient (Wildman–Crippen LogP) is 2.98. The molecule has 7 heteroatoms. The fraction of sp³-hybridized carbons (Fsp3) is 0.882. The van der Waals surface area contributed by atoms with E-state index in [2.05, 4.69) is 27.4 Å². The minimum Gasteiger partial charge on any atom is -0.379 e. The van der Waals surface area contributed by atoms with Gasteiger partial charge in [-0.1, -0.05) is 27.4 Å². The van der Waals surface area contributed by atoms with Crippen LogP contribution in [0.25, 0.3) is 0 Å². The Hall–Kier alpha value is -0.283. The summed E-state index contributed by atoms with van der Waals surface area (Å²) in [6, 6.07) is 0. The molecule has 6 nitrogen and oxygen atoms in total. The summed E-state index contributed by atoms with van der Waals surface area (Å²) in [4.78, 5) is 0. The largest absolute Gasteiger partial charge is 0.529 e. The van der Waals surface area contributed by atoms with Gasteiger partial charge in [0.2, 0.25) is 0 Å². The van der Waals surface area contributed by atoms with Gasteiger partial charge in [-0.15, -0.1) is 0 Å². The number of rotatable bonds is 19. The molecular weight excluding hydrogens is 328 g/mol. The smallest absolute Gasteiger partial charge is 0.379 e. The summed E-state index contributed by atoms with van der Waals surface area (Å²) in [5.41, 5.74) is 1.66. The van der Waals surface area contributed by atoms with Crippen LogP contribution < -0.4 is 0 Å². The third-order valence-corrected chi connectivity index (χ3v) is 5.21. The van der Waals surface area contributed by atoms with Gasteiger partial charge in [0.25, 0.3) is 0 Å². The van der Waals surface area contributed by atoms with Gasteiger partial charge in [-0.05, 0) is 25.0 Å². The van der Waals surface area contributed by atoms with Gasteiger partial charge in [0.05, 0.1) is 39.6 Å². The zero-order valence-electron chi connectivity index (χ0n) is 15.7. The highest BCUT2D eigenvalue weighted by Crippen LogP contribution is 2.11. The highest BCUT2D eigenvalue weighted by Gasteiger charge is 2.38. The van der Waals surface area contributed by atoms with Crippen molar-refractivity contribution in [2.24, 2.45) is 0 Å². The van der Waals surface area contributed by atoms with Crippen LogP contribution in [0, 0.1) is 0 Å². The van der Waals surface area contributed by atoms with Gasteiger partial charge in [-0.25, -0.2) is 0 Å². The minimum absolute atomic E-state index is 0.421. The lowest BCUT2D eigenvalue weighted by Crippen LogP contribution is -2.46. The molecule has 0 N–H and O–H groups in total. The molecule has 0 radical (unpaired) electrons. The van der Waals surface area contributed by atoms with Crippen molar-refractivity contribution in [3.63, 3.8) is 0 Å². The Labute approximate surface area is 148 Å². The monoisotopic (exact) mass is 364 g/mol. The second-order valence-corrected chi connectivity index (χ2v) is 7.67. The standard InChI is InChI=1S/C17H36O6Si/c1-5-9-18-12-15-21-24(8-4,22-16-13-19-10-6-2)23-17-14-20-11-7-3/h8H,4-7,9-17H2,1-3H3. The van der Waals surface area contributed by atoms with Crippen LogP contribution in [0.1, 0.15) is 40.0 Å². The van der Waals surface area contributed by atoms with E-state index in [4.69, 9.17) is 27.5 Å². The molecule has 0 amide bonds. The molecule has 0 aliphatic rings. The third-order valence-electron chi connectivity index (χ3n) is 2.89. The summed E-state index contributed by atoms with van der Waals surface area (Å²) in [7, 11) is -2.93. The quantitative estimate of drug-likeness (QED) is 0.259. The molecule has 0 rings (SSSR count). The van der Waals surface area contributed by atoms with Crippen LogP contribution >= 0.6 is 0 Å². The van der Waals surface area contributed by atoms with Gasteiger partial charge in [-0.2, -0.15) is 0 Å². The van der Waals surface area contributed by atoms with Crippen LogP contribution in [0.15, 0.2) is 12.3 Å². The van der Waals surface area contributed by atoms with Crippen LogP contribution in [-0.2, 0) is 27.5 Å². The molecule has 0 aliphatic carbocycles. The first kappa shape index (κ1) is 23.7. The molecule has 0 heterocycles. The fourth-order valence-corrected chi connectivity index (χ4v) is 3.48. The Bertz CT molecular complexity index is 242. The first-order valence-electron chi connectivity index (χ1n) is 9.03. The van der Waals surface area contributed by atoms with Crippen LogP contribution in [0.5, 0.6) is 0 Å². The van der Waals surface area contributed by atoms with E-state index in [1.807, 2.05) is 0 Å². The Kier molecular flexibility index (Phi) is 17.3. The van der Waals surface area contributed by atoms with E-state index in [1.54, 1.807) is 5.70 Å². The Morgan fingerprint density at radius 3 is 1.17 bits per heavy atom. The van der Waals surface area contributed by atoms with Crippen molar-refractivity contribution in [1.82, 2.24) is 0 Å². The topological polar surface area (TPSA) is 55.4 Å². The van der Waals surface area contributed by atoms with Crippen molar-refractivity contribution in [3.05, 3.63) is 12.3 Å². The van der Waals surface area contributed by atoms with Crippen molar-refractivity contribution in [1.29, 1.82) is 0 Å². The Morgan fingerprint density at radius 2 is 0.917 bits per heavy atom. The molecule has 24 heavy (non-hydrogen) atoms. The van der Waals surface area contributed by atoms with Gasteiger partial charge in [0, 0.05) is 19.8 Å². The summed E-state index contributed by atoms with van der Waals surface area (Å²) in [5, 5.41) is 0. The van der Waals surface area contributed by atoms with E-state index >= 15 is 0 Å². The first-order chi connectivity index (χ1) is 11.7. The molecule has 144 valence electrons. The van der Waals surface area contributed by atoms with E-state index in [9.17, 15) is 0 Å². The second kappa shape index (κ2) is 17.5. The first-order valence-corrected chi connectivity index (χ1v) is 10.8. The molecular formula is C17H36O6Si. The van der Waals surface area contributed by atoms with Crippen molar-refractivity contribution in [3.8, 4) is 0 Å². The lowest BCUT2D eigenvalue weighted by atomic mass is 10.5. The Morgan fingerprint density at radius 1 is 0.583 bits per heavy atom. The second-order valence-electron chi connectivity index (χ2n) is 5.19. The normalized spacial score (nSPS) is 11.8. The summed E-state index contributed by atoms with van der Waals surface area (Å²) in [6.07, 6.45) is 2.96. The number of ether oxygens (including phenoxy) is 3. The van der Waals surface area contributed by atoms with E-state index < -0.39 is 8.80 Å². The maximum absolute atomic E-state index is 5.88. The van der Waals surface area contributed by atoms with Gasteiger partial charge < -0.3 is 27.5 Å². The molecule has 0 saturated heterocycles. The summed E-state index contributed by atoms with van der Waals surface area (Å²) in [5.74, 6) is 0.